The average molecular weight is 286 g/mol. The molecular formula is C11H13F3N6. The number of nitrogens with one attached hydrogen (secondary N) is 1. The number of alkyl halides is 3. The highest BCUT2D eigenvalue weighted by molar-refractivity contribution is 5.60. The summed E-state index contributed by atoms with van der Waals surface area (Å²) in [5, 5.41) is 13.3. The Bertz CT molecular complexity index is 608. The number of hydrogen-bond acceptors (Lipinski definition) is 4. The van der Waals surface area contributed by atoms with E-state index in [4.69, 9.17) is 0 Å². The van der Waals surface area contributed by atoms with Gasteiger partial charge in [0.15, 0.2) is 11.5 Å². The molecule has 0 saturated carbocycles. The lowest BCUT2D eigenvalue weighted by Gasteiger charge is -2.15. The van der Waals surface area contributed by atoms with E-state index in [-0.39, 0.29) is 11.4 Å². The summed E-state index contributed by atoms with van der Waals surface area (Å²) in [5.74, 6) is 0.750. The molecule has 2 aromatic rings. The van der Waals surface area contributed by atoms with E-state index < -0.39 is 11.9 Å². The minimum Gasteiger partial charge on any atom is -0.341 e. The zero-order chi connectivity index (χ0) is 14.3. The number of halogens is 3. The molecule has 1 N–H and O–H groups in total. The standard InChI is InChI=1S/C11H13F3N6/c1-19-9(7-6-15-16-8(7)11(12,13)14)17-18-10(19)20-4-2-3-5-20/h6H,2-5H2,1H3,(H,15,16). The monoisotopic (exact) mass is 286 g/mol. The Morgan fingerprint density at radius 3 is 2.55 bits per heavy atom. The first-order valence-corrected chi connectivity index (χ1v) is 6.24. The molecule has 0 amide bonds. The normalized spacial score (nSPS) is 16.1. The molecule has 1 saturated heterocycles. The van der Waals surface area contributed by atoms with Crippen molar-refractivity contribution in [2.75, 3.05) is 18.0 Å². The minimum atomic E-state index is -4.49. The van der Waals surface area contributed by atoms with Gasteiger partial charge in [0, 0.05) is 20.1 Å². The number of aromatic amines is 1. The molecule has 0 aliphatic carbocycles. The van der Waals surface area contributed by atoms with Gasteiger partial charge < -0.3 is 4.90 Å². The van der Waals surface area contributed by atoms with Crippen molar-refractivity contribution in [1.82, 2.24) is 25.0 Å². The van der Waals surface area contributed by atoms with E-state index in [0.717, 1.165) is 32.1 Å². The fourth-order valence-corrected chi connectivity index (χ4v) is 2.42. The van der Waals surface area contributed by atoms with E-state index in [1.54, 1.807) is 11.6 Å². The van der Waals surface area contributed by atoms with Crippen LogP contribution in [-0.2, 0) is 13.2 Å². The van der Waals surface area contributed by atoms with Crippen molar-refractivity contribution in [3.63, 3.8) is 0 Å². The first kappa shape index (κ1) is 12.9. The molecule has 9 heteroatoms. The molecule has 20 heavy (non-hydrogen) atoms. The number of rotatable bonds is 2. The van der Waals surface area contributed by atoms with E-state index in [1.807, 2.05) is 10.00 Å². The van der Waals surface area contributed by atoms with Crippen LogP contribution in [0, 0.1) is 0 Å². The fourth-order valence-electron chi connectivity index (χ4n) is 2.42. The van der Waals surface area contributed by atoms with Gasteiger partial charge in [-0.2, -0.15) is 18.3 Å². The van der Waals surface area contributed by atoms with Crippen LogP contribution in [0.2, 0.25) is 0 Å². The Kier molecular flexibility index (Phi) is 2.91. The van der Waals surface area contributed by atoms with Gasteiger partial charge in [-0.05, 0) is 12.8 Å². The lowest BCUT2D eigenvalue weighted by atomic mass is 10.2. The third-order valence-corrected chi connectivity index (χ3v) is 3.40. The number of anilines is 1. The smallest absolute Gasteiger partial charge is 0.341 e. The van der Waals surface area contributed by atoms with Gasteiger partial charge in [-0.1, -0.05) is 0 Å². The summed E-state index contributed by atoms with van der Waals surface area (Å²) in [5.41, 5.74) is -0.987. The highest BCUT2D eigenvalue weighted by Gasteiger charge is 2.37. The van der Waals surface area contributed by atoms with Gasteiger partial charge in [-0.3, -0.25) is 9.67 Å². The SMILES string of the molecule is Cn1c(-c2cn[nH]c2C(F)(F)F)nnc1N1CCCC1. The highest BCUT2D eigenvalue weighted by Crippen LogP contribution is 2.35. The van der Waals surface area contributed by atoms with E-state index in [1.165, 1.54) is 0 Å². The quantitative estimate of drug-likeness (QED) is 0.914. The van der Waals surface area contributed by atoms with Gasteiger partial charge in [0.2, 0.25) is 5.95 Å². The molecule has 3 heterocycles. The summed E-state index contributed by atoms with van der Waals surface area (Å²) in [6.45, 7) is 1.70. The van der Waals surface area contributed by atoms with Crippen molar-refractivity contribution in [3.05, 3.63) is 11.9 Å². The molecule has 0 atom stereocenters. The number of H-pyrrole nitrogens is 1. The Morgan fingerprint density at radius 2 is 1.90 bits per heavy atom. The lowest BCUT2D eigenvalue weighted by Crippen LogP contribution is -2.21. The van der Waals surface area contributed by atoms with E-state index in [9.17, 15) is 13.2 Å². The largest absolute Gasteiger partial charge is 0.433 e. The predicted molar refractivity (Wildman–Crippen MR) is 65.0 cm³/mol. The summed E-state index contributed by atoms with van der Waals surface area (Å²) < 4.78 is 40.2. The van der Waals surface area contributed by atoms with Crippen LogP contribution in [0.4, 0.5) is 19.1 Å². The van der Waals surface area contributed by atoms with Crippen molar-refractivity contribution < 1.29 is 13.2 Å². The maximum Gasteiger partial charge on any atom is 0.433 e. The molecule has 3 rings (SSSR count). The molecule has 1 fully saturated rings. The third-order valence-electron chi connectivity index (χ3n) is 3.40. The molecule has 6 nitrogen and oxygen atoms in total. The second kappa shape index (κ2) is 4.50. The van der Waals surface area contributed by atoms with E-state index in [2.05, 4.69) is 15.3 Å². The Labute approximate surface area is 112 Å². The fraction of sp³-hybridized carbons (Fsp3) is 0.545. The van der Waals surface area contributed by atoms with Crippen LogP contribution in [0.3, 0.4) is 0 Å². The molecule has 108 valence electrons. The minimum absolute atomic E-state index is 0.0852. The van der Waals surface area contributed by atoms with Gasteiger partial charge in [-0.15, -0.1) is 10.2 Å². The second-order valence-corrected chi connectivity index (χ2v) is 4.73. The number of aromatic nitrogens is 5. The van der Waals surface area contributed by atoms with Crippen LogP contribution in [0.5, 0.6) is 0 Å². The first-order chi connectivity index (χ1) is 9.48. The molecule has 2 aromatic heterocycles. The van der Waals surface area contributed by atoms with Crippen molar-refractivity contribution in [2.45, 2.75) is 19.0 Å². The first-order valence-electron chi connectivity index (χ1n) is 6.24. The maximum absolute atomic E-state index is 12.9. The van der Waals surface area contributed by atoms with E-state index >= 15 is 0 Å². The predicted octanol–water partition coefficient (Wildman–Crippen LogP) is 1.82. The highest BCUT2D eigenvalue weighted by atomic mass is 19.4. The third kappa shape index (κ3) is 2.02. The molecule has 0 bridgehead atoms. The maximum atomic E-state index is 12.9. The van der Waals surface area contributed by atoms with Crippen molar-refractivity contribution in [3.8, 4) is 11.4 Å². The molecule has 0 spiro atoms. The Morgan fingerprint density at radius 1 is 1.20 bits per heavy atom. The van der Waals surface area contributed by atoms with Crippen molar-refractivity contribution >= 4 is 5.95 Å². The number of hydrogen-bond donors (Lipinski definition) is 1. The average Bonchev–Trinajstić information content (AvgIpc) is 3.05. The molecule has 0 aromatic carbocycles. The van der Waals surface area contributed by atoms with Crippen LogP contribution >= 0.6 is 0 Å². The molecule has 1 aliphatic heterocycles. The Hall–Kier alpha value is -2.06. The summed E-state index contributed by atoms with van der Waals surface area (Å²) in [6.07, 6.45) is -1.25. The summed E-state index contributed by atoms with van der Waals surface area (Å²) >= 11 is 0. The van der Waals surface area contributed by atoms with Crippen molar-refractivity contribution in [2.24, 2.45) is 7.05 Å². The topological polar surface area (TPSA) is 62.6 Å². The zero-order valence-corrected chi connectivity index (χ0v) is 10.8. The molecule has 0 radical (unpaired) electrons. The van der Waals surface area contributed by atoms with Crippen LogP contribution in [0.15, 0.2) is 6.20 Å². The van der Waals surface area contributed by atoms with Gasteiger partial charge in [0.1, 0.15) is 0 Å². The van der Waals surface area contributed by atoms with Crippen LogP contribution in [0.1, 0.15) is 18.5 Å². The van der Waals surface area contributed by atoms with Crippen LogP contribution in [0.25, 0.3) is 11.4 Å². The summed E-state index contributed by atoms with van der Waals surface area (Å²) in [6, 6.07) is 0. The van der Waals surface area contributed by atoms with Gasteiger partial charge in [0.05, 0.1) is 11.8 Å². The van der Waals surface area contributed by atoms with Gasteiger partial charge in [-0.25, -0.2) is 0 Å². The van der Waals surface area contributed by atoms with Crippen LogP contribution < -0.4 is 4.90 Å². The summed E-state index contributed by atoms with van der Waals surface area (Å²) in [4.78, 5) is 2.02. The second-order valence-electron chi connectivity index (χ2n) is 4.73. The Balaban J connectivity index is 2.01. The summed E-state index contributed by atoms with van der Waals surface area (Å²) in [7, 11) is 1.66. The van der Waals surface area contributed by atoms with Crippen molar-refractivity contribution in [1.29, 1.82) is 0 Å². The van der Waals surface area contributed by atoms with Gasteiger partial charge >= 0.3 is 6.18 Å². The molecule has 0 unspecified atom stereocenters. The van der Waals surface area contributed by atoms with Crippen LogP contribution in [-0.4, -0.2) is 38.1 Å². The zero-order valence-electron chi connectivity index (χ0n) is 10.8. The lowest BCUT2D eigenvalue weighted by molar-refractivity contribution is -0.140. The molecular weight excluding hydrogens is 273 g/mol. The van der Waals surface area contributed by atoms with Gasteiger partial charge in [0.25, 0.3) is 0 Å². The molecule has 1 aliphatic rings. The number of nitrogens with zero attached hydrogens (tertiary/aromatic N) is 5. The van der Waals surface area contributed by atoms with E-state index in [0.29, 0.717) is 5.95 Å².